The average Bonchev–Trinajstić information content (AvgIpc) is 3.13. The zero-order valence-electron chi connectivity index (χ0n) is 16.1. The highest BCUT2D eigenvalue weighted by molar-refractivity contribution is 7.19. The van der Waals surface area contributed by atoms with Gasteiger partial charge in [0.1, 0.15) is 10.6 Å². The number of aromatic nitrogens is 3. The van der Waals surface area contributed by atoms with Gasteiger partial charge in [-0.3, -0.25) is 9.88 Å². The van der Waals surface area contributed by atoms with Crippen molar-refractivity contribution in [1.82, 2.24) is 19.9 Å². The highest BCUT2D eigenvalue weighted by Crippen LogP contribution is 2.40. The van der Waals surface area contributed by atoms with Gasteiger partial charge in [-0.05, 0) is 43.4 Å². The lowest BCUT2D eigenvalue weighted by Crippen LogP contribution is -2.48. The lowest BCUT2D eigenvalue weighted by Gasteiger charge is -2.35. The summed E-state index contributed by atoms with van der Waals surface area (Å²) in [5, 5.41) is 1.31. The maximum atomic E-state index is 5.75. The van der Waals surface area contributed by atoms with Crippen LogP contribution in [0, 0.1) is 0 Å². The maximum Gasteiger partial charge on any atom is 0.163 e. The second kappa shape index (κ2) is 7.73. The second-order valence-corrected chi connectivity index (χ2v) is 8.70. The summed E-state index contributed by atoms with van der Waals surface area (Å²) in [7, 11) is 0. The summed E-state index contributed by atoms with van der Waals surface area (Å²) in [6, 6.07) is 4.00. The van der Waals surface area contributed by atoms with Crippen LogP contribution in [0.5, 0.6) is 0 Å². The smallest absolute Gasteiger partial charge is 0.163 e. The third-order valence-electron chi connectivity index (χ3n) is 5.85. The summed E-state index contributed by atoms with van der Waals surface area (Å²) >= 11 is 1.88. The molecule has 0 spiro atoms. The number of piperazine rings is 1. The monoisotopic (exact) mass is 394 g/mol. The SMILES string of the molecule is NCCN1CCN(c2nc(-c3ccncc3)nc3sc4c(c23)CCCC4)CC1. The van der Waals surface area contributed by atoms with Crippen LogP contribution in [0.1, 0.15) is 23.3 Å². The Balaban J connectivity index is 1.60. The van der Waals surface area contributed by atoms with E-state index in [1.165, 1.54) is 35.1 Å². The van der Waals surface area contributed by atoms with Gasteiger partial charge in [-0.25, -0.2) is 9.97 Å². The molecule has 0 aromatic carbocycles. The fourth-order valence-corrected chi connectivity index (χ4v) is 5.62. The zero-order valence-corrected chi connectivity index (χ0v) is 16.9. The maximum absolute atomic E-state index is 5.75. The van der Waals surface area contributed by atoms with Crippen LogP contribution in [-0.2, 0) is 12.8 Å². The first-order valence-corrected chi connectivity index (χ1v) is 11.0. The molecule has 1 fully saturated rings. The fourth-order valence-electron chi connectivity index (χ4n) is 4.36. The summed E-state index contributed by atoms with van der Waals surface area (Å²) in [5.74, 6) is 1.94. The number of anilines is 1. The molecule has 0 saturated carbocycles. The van der Waals surface area contributed by atoms with Gasteiger partial charge in [0, 0.05) is 62.1 Å². The van der Waals surface area contributed by atoms with Crippen molar-refractivity contribution < 1.29 is 0 Å². The highest BCUT2D eigenvalue weighted by atomic mass is 32.1. The predicted molar refractivity (Wildman–Crippen MR) is 115 cm³/mol. The van der Waals surface area contributed by atoms with Crippen LogP contribution in [0.15, 0.2) is 24.5 Å². The molecule has 6 nitrogen and oxygen atoms in total. The molecule has 2 N–H and O–H groups in total. The molecule has 0 amide bonds. The van der Waals surface area contributed by atoms with Crippen LogP contribution in [0.4, 0.5) is 5.82 Å². The standard InChI is InChI=1S/C21H26N6S/c22-7-10-26-11-13-27(14-12-26)20-18-16-3-1-2-4-17(16)28-21(18)25-19(24-20)15-5-8-23-9-6-15/h5-6,8-9H,1-4,7,10-14,22H2. The quantitative estimate of drug-likeness (QED) is 0.734. The Hall–Kier alpha value is -2.09. The topological polar surface area (TPSA) is 71.2 Å². The van der Waals surface area contributed by atoms with E-state index in [-0.39, 0.29) is 0 Å². The number of fused-ring (bicyclic) bond motifs is 3. The molecule has 1 saturated heterocycles. The van der Waals surface area contributed by atoms with E-state index in [4.69, 9.17) is 15.7 Å². The molecular formula is C21H26N6S. The van der Waals surface area contributed by atoms with Crippen molar-refractivity contribution in [1.29, 1.82) is 0 Å². The first-order valence-electron chi connectivity index (χ1n) is 10.2. The number of aryl methyl sites for hydroxylation is 2. The molecule has 0 radical (unpaired) electrons. The number of rotatable bonds is 4. The van der Waals surface area contributed by atoms with E-state index in [0.717, 1.165) is 67.7 Å². The lowest BCUT2D eigenvalue weighted by atomic mass is 9.96. The number of hydrogen-bond acceptors (Lipinski definition) is 7. The van der Waals surface area contributed by atoms with Crippen LogP contribution in [0.2, 0.25) is 0 Å². The third kappa shape index (κ3) is 3.27. The minimum atomic E-state index is 0.724. The van der Waals surface area contributed by atoms with E-state index in [0.29, 0.717) is 0 Å². The molecule has 1 aliphatic heterocycles. The van der Waals surface area contributed by atoms with Crippen molar-refractivity contribution in [2.45, 2.75) is 25.7 Å². The molecule has 0 atom stereocenters. The Morgan fingerprint density at radius 2 is 1.79 bits per heavy atom. The fraction of sp³-hybridized carbons (Fsp3) is 0.476. The summed E-state index contributed by atoms with van der Waals surface area (Å²) in [6.45, 7) is 5.77. The molecule has 7 heteroatoms. The first kappa shape index (κ1) is 18.0. The van der Waals surface area contributed by atoms with E-state index in [1.54, 1.807) is 0 Å². The summed E-state index contributed by atoms with van der Waals surface area (Å²) in [4.78, 5) is 21.8. The molecule has 28 heavy (non-hydrogen) atoms. The summed E-state index contributed by atoms with van der Waals surface area (Å²) in [6.07, 6.45) is 8.53. The van der Waals surface area contributed by atoms with Gasteiger partial charge in [0.05, 0.1) is 5.39 Å². The third-order valence-corrected chi connectivity index (χ3v) is 7.04. The van der Waals surface area contributed by atoms with E-state index < -0.39 is 0 Å². The Morgan fingerprint density at radius 3 is 2.57 bits per heavy atom. The Labute approximate surface area is 169 Å². The number of thiophene rings is 1. The minimum absolute atomic E-state index is 0.724. The zero-order chi connectivity index (χ0) is 18.9. The van der Waals surface area contributed by atoms with Crippen molar-refractivity contribution in [2.24, 2.45) is 5.73 Å². The molecule has 1 aliphatic carbocycles. The number of pyridine rings is 1. The van der Waals surface area contributed by atoms with Crippen LogP contribution >= 0.6 is 11.3 Å². The van der Waals surface area contributed by atoms with E-state index in [2.05, 4.69) is 14.8 Å². The van der Waals surface area contributed by atoms with Crippen molar-refractivity contribution in [3.63, 3.8) is 0 Å². The number of nitrogens with two attached hydrogens (primary N) is 1. The van der Waals surface area contributed by atoms with Gasteiger partial charge in [0.2, 0.25) is 0 Å². The molecule has 0 unspecified atom stereocenters. The van der Waals surface area contributed by atoms with Crippen LogP contribution in [-0.4, -0.2) is 59.1 Å². The van der Waals surface area contributed by atoms with Gasteiger partial charge in [-0.1, -0.05) is 0 Å². The van der Waals surface area contributed by atoms with Gasteiger partial charge in [0.25, 0.3) is 0 Å². The Kier molecular flexibility index (Phi) is 4.96. The van der Waals surface area contributed by atoms with E-state index in [1.807, 2.05) is 35.9 Å². The highest BCUT2D eigenvalue weighted by Gasteiger charge is 2.26. The van der Waals surface area contributed by atoms with Crippen molar-refractivity contribution >= 4 is 27.4 Å². The average molecular weight is 395 g/mol. The Bertz CT molecular complexity index is 962. The van der Waals surface area contributed by atoms with E-state index in [9.17, 15) is 0 Å². The van der Waals surface area contributed by atoms with E-state index >= 15 is 0 Å². The van der Waals surface area contributed by atoms with Gasteiger partial charge in [-0.15, -0.1) is 11.3 Å². The molecule has 3 aromatic rings. The minimum Gasteiger partial charge on any atom is -0.353 e. The van der Waals surface area contributed by atoms with Gasteiger partial charge in [0.15, 0.2) is 5.82 Å². The lowest BCUT2D eigenvalue weighted by molar-refractivity contribution is 0.264. The van der Waals surface area contributed by atoms with Crippen LogP contribution in [0.25, 0.3) is 21.6 Å². The molecular weight excluding hydrogens is 368 g/mol. The van der Waals surface area contributed by atoms with Crippen molar-refractivity contribution in [3.05, 3.63) is 35.0 Å². The van der Waals surface area contributed by atoms with Crippen LogP contribution in [0.3, 0.4) is 0 Å². The summed E-state index contributed by atoms with van der Waals surface area (Å²) < 4.78 is 0. The Morgan fingerprint density at radius 1 is 1.00 bits per heavy atom. The molecule has 3 aromatic heterocycles. The van der Waals surface area contributed by atoms with Gasteiger partial charge >= 0.3 is 0 Å². The summed E-state index contributed by atoms with van der Waals surface area (Å²) in [5.41, 5.74) is 8.29. The number of hydrogen-bond donors (Lipinski definition) is 1. The number of nitrogens with zero attached hydrogens (tertiary/aromatic N) is 5. The second-order valence-electron chi connectivity index (χ2n) is 7.62. The largest absolute Gasteiger partial charge is 0.353 e. The molecule has 4 heterocycles. The first-order chi connectivity index (χ1) is 13.8. The van der Waals surface area contributed by atoms with Crippen molar-refractivity contribution in [2.75, 3.05) is 44.2 Å². The normalized spacial score (nSPS) is 17.8. The van der Waals surface area contributed by atoms with Crippen LogP contribution < -0.4 is 10.6 Å². The molecule has 5 rings (SSSR count). The van der Waals surface area contributed by atoms with Gasteiger partial charge in [-0.2, -0.15) is 0 Å². The van der Waals surface area contributed by atoms with Gasteiger partial charge < -0.3 is 10.6 Å². The predicted octanol–water partition coefficient (Wildman–Crippen LogP) is 2.71. The molecule has 0 bridgehead atoms. The molecule has 2 aliphatic rings. The van der Waals surface area contributed by atoms with Crippen molar-refractivity contribution in [3.8, 4) is 11.4 Å². The molecule has 146 valence electrons.